The number of ketones is 1. The van der Waals surface area contributed by atoms with Gasteiger partial charge in [0, 0.05) is 12.0 Å². The molecule has 0 heterocycles. The van der Waals surface area contributed by atoms with Crippen LogP contribution in [0, 0.1) is 17.8 Å². The van der Waals surface area contributed by atoms with E-state index >= 15 is 0 Å². The Labute approximate surface area is 74.5 Å². The lowest BCUT2D eigenvalue weighted by atomic mass is 9.81. The number of Topliss-reactive ketones (excluding diaryl/α,β-unsaturated/α-hetero) is 1. The van der Waals surface area contributed by atoms with Crippen LogP contribution in [0.5, 0.6) is 0 Å². The lowest BCUT2D eigenvalue weighted by molar-refractivity contribution is -0.122. The first-order valence-corrected chi connectivity index (χ1v) is 4.70. The molecule has 0 aliphatic heterocycles. The third-order valence-corrected chi connectivity index (χ3v) is 3.58. The Morgan fingerprint density at radius 3 is 2.58 bits per heavy atom. The molecule has 2 unspecified atom stereocenters. The summed E-state index contributed by atoms with van der Waals surface area (Å²) in [5.41, 5.74) is 0. The molecule has 1 N–H and O–H groups in total. The lowest BCUT2D eigenvalue weighted by Crippen LogP contribution is -2.42. The van der Waals surface area contributed by atoms with E-state index in [1.807, 2.05) is 0 Å². The third kappa shape index (κ3) is 1.03. The summed E-state index contributed by atoms with van der Waals surface area (Å²) >= 11 is 0. The maximum absolute atomic E-state index is 11.3. The topological polar surface area (TPSA) is 29.1 Å². The molecule has 3 heteroatoms. The van der Waals surface area contributed by atoms with E-state index in [1.54, 1.807) is 6.92 Å². The summed E-state index contributed by atoms with van der Waals surface area (Å²) in [7, 11) is 5.45. The minimum Gasteiger partial charge on any atom is -0.363 e. The number of carbonyl (C=O) groups is 1. The van der Waals surface area contributed by atoms with Gasteiger partial charge >= 0.3 is 0 Å². The van der Waals surface area contributed by atoms with Gasteiger partial charge in [-0.15, -0.1) is 0 Å². The van der Waals surface area contributed by atoms with Crippen molar-refractivity contribution in [3.05, 3.63) is 0 Å². The second kappa shape index (κ2) is 2.88. The van der Waals surface area contributed by atoms with Gasteiger partial charge in [-0.3, -0.25) is 4.79 Å². The van der Waals surface area contributed by atoms with Gasteiger partial charge < -0.3 is 5.23 Å². The molecule has 2 saturated carbocycles. The molecule has 0 spiro atoms. The van der Waals surface area contributed by atoms with Crippen molar-refractivity contribution in [2.45, 2.75) is 32.2 Å². The molecule has 0 saturated heterocycles. The molecule has 0 aromatic heterocycles. The average Bonchev–Trinajstić information content (AvgIpc) is 2.60. The highest BCUT2D eigenvalue weighted by molar-refractivity contribution is 6.05. The Kier molecular flexibility index (Phi) is 1.99. The summed E-state index contributed by atoms with van der Waals surface area (Å²) in [6.07, 6.45) is 3.69. The van der Waals surface area contributed by atoms with E-state index < -0.39 is 0 Å². The zero-order chi connectivity index (χ0) is 8.72. The van der Waals surface area contributed by atoms with Crippen LogP contribution in [0.1, 0.15) is 26.2 Å². The fourth-order valence-corrected chi connectivity index (χ4v) is 3.12. The van der Waals surface area contributed by atoms with E-state index in [2.05, 4.69) is 5.23 Å². The van der Waals surface area contributed by atoms with E-state index in [-0.39, 0.29) is 12.0 Å². The van der Waals surface area contributed by atoms with E-state index in [1.165, 1.54) is 19.3 Å². The standard InChI is InChI=1S/C9H14BNO/c1-5(12)8-6-2-3-7(4-6)9(8)11-10/h6-9,11H,2-4H2,1H3/t6?,7?,8-,9+/m1/s1. The zero-order valence-electron chi connectivity index (χ0n) is 7.42. The smallest absolute Gasteiger partial charge is 0.178 e. The highest BCUT2D eigenvalue weighted by atomic mass is 16.1. The molecule has 2 bridgehead atoms. The van der Waals surface area contributed by atoms with E-state index in [9.17, 15) is 4.79 Å². The number of rotatable bonds is 2. The van der Waals surface area contributed by atoms with Crippen molar-refractivity contribution in [2.75, 3.05) is 0 Å². The van der Waals surface area contributed by atoms with Crippen LogP contribution in [0.2, 0.25) is 0 Å². The van der Waals surface area contributed by atoms with Gasteiger partial charge in [0.25, 0.3) is 0 Å². The van der Waals surface area contributed by atoms with Crippen LogP contribution in [0.3, 0.4) is 0 Å². The van der Waals surface area contributed by atoms with E-state index in [0.29, 0.717) is 17.6 Å². The minimum atomic E-state index is 0.203. The molecule has 2 aliphatic carbocycles. The Morgan fingerprint density at radius 2 is 2.08 bits per heavy atom. The van der Waals surface area contributed by atoms with Crippen LogP contribution in [0.15, 0.2) is 0 Å². The number of hydrogen-bond acceptors (Lipinski definition) is 2. The fourth-order valence-electron chi connectivity index (χ4n) is 3.12. The van der Waals surface area contributed by atoms with Crippen molar-refractivity contribution in [2.24, 2.45) is 17.8 Å². The van der Waals surface area contributed by atoms with Gasteiger partial charge in [0.2, 0.25) is 0 Å². The Bertz CT molecular complexity index is 207. The lowest BCUT2D eigenvalue weighted by Gasteiger charge is -2.29. The quantitative estimate of drug-likeness (QED) is 0.606. The normalized spacial score (nSPS) is 45.1. The Balaban J connectivity index is 2.16. The first-order chi connectivity index (χ1) is 5.74. The van der Waals surface area contributed by atoms with Crippen LogP contribution in [-0.4, -0.2) is 19.8 Å². The Hall–Kier alpha value is -0.305. The summed E-state index contributed by atoms with van der Waals surface area (Å²) < 4.78 is 0. The van der Waals surface area contributed by atoms with Crippen molar-refractivity contribution in [1.82, 2.24) is 5.23 Å². The number of hydrogen-bond donors (Lipinski definition) is 1. The van der Waals surface area contributed by atoms with Crippen molar-refractivity contribution in [3.8, 4) is 0 Å². The van der Waals surface area contributed by atoms with E-state index in [4.69, 9.17) is 7.98 Å². The predicted octanol–water partition coefficient (Wildman–Crippen LogP) is 0.663. The summed E-state index contributed by atoms with van der Waals surface area (Å²) in [6, 6.07) is 0.265. The monoisotopic (exact) mass is 163 g/mol. The van der Waals surface area contributed by atoms with Crippen molar-refractivity contribution < 1.29 is 4.79 Å². The molecule has 2 fully saturated rings. The molecule has 2 rings (SSSR count). The molecule has 0 aromatic carbocycles. The SMILES string of the molecule is [B]N[C@H]1C2CCC(C2)[C@H]1C(C)=O. The molecule has 4 atom stereocenters. The van der Waals surface area contributed by atoms with Gasteiger partial charge in [-0.1, -0.05) is 0 Å². The second-order valence-corrected chi connectivity index (χ2v) is 4.16. The van der Waals surface area contributed by atoms with Crippen LogP contribution < -0.4 is 5.23 Å². The molecule has 64 valence electrons. The summed E-state index contributed by atoms with van der Waals surface area (Å²) in [5.74, 6) is 1.79. The summed E-state index contributed by atoms with van der Waals surface area (Å²) in [6.45, 7) is 1.69. The van der Waals surface area contributed by atoms with Gasteiger partial charge in [-0.25, -0.2) is 0 Å². The maximum Gasteiger partial charge on any atom is 0.178 e. The van der Waals surface area contributed by atoms with Gasteiger partial charge in [0.05, 0.1) is 0 Å². The zero-order valence-corrected chi connectivity index (χ0v) is 7.42. The van der Waals surface area contributed by atoms with Gasteiger partial charge in [-0.05, 0) is 38.0 Å². The molecule has 0 aromatic rings. The molecule has 2 aliphatic rings. The number of fused-ring (bicyclic) bond motifs is 2. The molecule has 12 heavy (non-hydrogen) atoms. The third-order valence-electron chi connectivity index (χ3n) is 3.58. The summed E-state index contributed by atoms with van der Waals surface area (Å²) in [5, 5.41) is 2.81. The highest BCUT2D eigenvalue weighted by Gasteiger charge is 2.48. The maximum atomic E-state index is 11.3. The van der Waals surface area contributed by atoms with Gasteiger partial charge in [0.1, 0.15) is 5.78 Å². The molecular formula is C9H14BNO. The van der Waals surface area contributed by atoms with Crippen LogP contribution in [-0.2, 0) is 4.79 Å². The average molecular weight is 163 g/mol. The molecule has 0 amide bonds. The number of carbonyl (C=O) groups excluding carboxylic acids is 1. The number of nitrogens with one attached hydrogen (secondary N) is 1. The Morgan fingerprint density at radius 1 is 1.42 bits per heavy atom. The first-order valence-electron chi connectivity index (χ1n) is 4.70. The van der Waals surface area contributed by atoms with Gasteiger partial charge in [-0.2, -0.15) is 0 Å². The van der Waals surface area contributed by atoms with Crippen LogP contribution in [0.25, 0.3) is 0 Å². The summed E-state index contributed by atoms with van der Waals surface area (Å²) in [4.78, 5) is 11.3. The molecular weight excluding hydrogens is 149 g/mol. The minimum absolute atomic E-state index is 0.203. The highest BCUT2D eigenvalue weighted by Crippen LogP contribution is 2.48. The van der Waals surface area contributed by atoms with Crippen LogP contribution >= 0.6 is 0 Å². The van der Waals surface area contributed by atoms with E-state index in [0.717, 1.165) is 0 Å². The largest absolute Gasteiger partial charge is 0.363 e. The first kappa shape index (κ1) is 8.30. The molecule has 2 radical (unpaired) electrons. The van der Waals surface area contributed by atoms with Gasteiger partial charge in [0.15, 0.2) is 7.98 Å². The van der Waals surface area contributed by atoms with Crippen molar-refractivity contribution in [3.63, 3.8) is 0 Å². The fraction of sp³-hybridized carbons (Fsp3) is 0.889. The van der Waals surface area contributed by atoms with Crippen LogP contribution in [0.4, 0.5) is 0 Å². The van der Waals surface area contributed by atoms with Crippen molar-refractivity contribution >= 4 is 13.8 Å². The predicted molar refractivity (Wildman–Crippen MR) is 47.7 cm³/mol. The second-order valence-electron chi connectivity index (χ2n) is 4.16. The molecule has 2 nitrogen and oxygen atoms in total. The van der Waals surface area contributed by atoms with Crippen molar-refractivity contribution in [1.29, 1.82) is 0 Å².